The van der Waals surface area contributed by atoms with E-state index in [-0.39, 0.29) is 11.5 Å². The van der Waals surface area contributed by atoms with Crippen LogP contribution in [0, 0.1) is 16.7 Å². The molecule has 23 heavy (non-hydrogen) atoms. The maximum absolute atomic E-state index is 8.90. The second kappa shape index (κ2) is 7.11. The van der Waals surface area contributed by atoms with Gasteiger partial charge in [-0.25, -0.2) is 4.98 Å². The second-order valence-electron chi connectivity index (χ2n) is 7.19. The molecule has 0 amide bonds. The van der Waals surface area contributed by atoms with E-state index < -0.39 is 9.04 Å². The van der Waals surface area contributed by atoms with Gasteiger partial charge in [-0.3, -0.25) is 0 Å². The van der Waals surface area contributed by atoms with Crippen LogP contribution in [-0.2, 0) is 11.0 Å². The summed E-state index contributed by atoms with van der Waals surface area (Å²) in [6.07, 6.45) is 3.81. The number of hydrogen-bond acceptors (Lipinski definition) is 3. The summed E-state index contributed by atoms with van der Waals surface area (Å²) in [4.78, 5) is 4.34. The van der Waals surface area contributed by atoms with Crippen molar-refractivity contribution in [2.24, 2.45) is 5.41 Å². The summed E-state index contributed by atoms with van der Waals surface area (Å²) in [5, 5.41) is 8.90. The summed E-state index contributed by atoms with van der Waals surface area (Å²) in [5.74, 6) is 0. The summed E-state index contributed by atoms with van der Waals surface area (Å²) in [7, 11) is -1.17. The SMILES string of the molecule is C[SiH](C)OC(c1cncn1Cc1ccc(C#N)cc1)C(C)(C)C. The average Bonchev–Trinajstić information content (AvgIpc) is 2.92. The second-order valence-corrected chi connectivity index (χ2v) is 9.56. The Balaban J connectivity index is 2.28. The Labute approximate surface area is 140 Å². The van der Waals surface area contributed by atoms with Crippen LogP contribution in [0.15, 0.2) is 36.8 Å². The molecule has 5 heteroatoms. The molecule has 1 aromatic heterocycles. The minimum atomic E-state index is -1.17. The third-order valence-electron chi connectivity index (χ3n) is 3.64. The van der Waals surface area contributed by atoms with Crippen LogP contribution in [-0.4, -0.2) is 18.6 Å². The highest BCUT2D eigenvalue weighted by Crippen LogP contribution is 2.36. The maximum Gasteiger partial charge on any atom is 0.171 e. The van der Waals surface area contributed by atoms with Crippen LogP contribution < -0.4 is 0 Å². The van der Waals surface area contributed by atoms with Gasteiger partial charge >= 0.3 is 0 Å². The number of benzene rings is 1. The predicted molar refractivity (Wildman–Crippen MR) is 94.6 cm³/mol. The van der Waals surface area contributed by atoms with Gasteiger partial charge < -0.3 is 8.99 Å². The molecule has 1 aromatic carbocycles. The molecule has 2 rings (SSSR count). The third-order valence-corrected chi connectivity index (χ3v) is 4.46. The van der Waals surface area contributed by atoms with Crippen molar-refractivity contribution in [3.8, 4) is 6.07 Å². The van der Waals surface area contributed by atoms with Crippen molar-refractivity contribution < 1.29 is 4.43 Å². The lowest BCUT2D eigenvalue weighted by Crippen LogP contribution is -2.28. The van der Waals surface area contributed by atoms with Gasteiger partial charge in [0.1, 0.15) is 0 Å². The first-order chi connectivity index (χ1) is 10.8. The van der Waals surface area contributed by atoms with E-state index in [1.165, 1.54) is 0 Å². The van der Waals surface area contributed by atoms with Gasteiger partial charge in [-0.05, 0) is 36.2 Å². The van der Waals surface area contributed by atoms with Gasteiger partial charge in [0, 0.05) is 6.54 Å². The molecule has 0 N–H and O–H groups in total. The molecule has 0 aliphatic carbocycles. The zero-order valence-corrected chi connectivity index (χ0v) is 15.7. The number of imidazole rings is 1. The van der Waals surface area contributed by atoms with Crippen molar-refractivity contribution in [3.63, 3.8) is 0 Å². The Morgan fingerprint density at radius 3 is 2.43 bits per heavy atom. The Bertz CT molecular complexity index is 678. The van der Waals surface area contributed by atoms with Crippen LogP contribution in [0.2, 0.25) is 13.1 Å². The fourth-order valence-corrected chi connectivity index (χ4v) is 3.64. The van der Waals surface area contributed by atoms with E-state index >= 15 is 0 Å². The number of hydrogen-bond donors (Lipinski definition) is 0. The van der Waals surface area contributed by atoms with Crippen LogP contribution in [0.5, 0.6) is 0 Å². The van der Waals surface area contributed by atoms with Gasteiger partial charge in [0.25, 0.3) is 0 Å². The van der Waals surface area contributed by atoms with E-state index in [1.54, 1.807) is 0 Å². The molecule has 122 valence electrons. The highest BCUT2D eigenvalue weighted by Gasteiger charge is 2.30. The smallest absolute Gasteiger partial charge is 0.171 e. The maximum atomic E-state index is 8.90. The molecule has 4 nitrogen and oxygen atoms in total. The third kappa shape index (κ3) is 4.53. The summed E-state index contributed by atoms with van der Waals surface area (Å²) in [6.45, 7) is 11.7. The van der Waals surface area contributed by atoms with Gasteiger partial charge in [-0.2, -0.15) is 5.26 Å². The highest BCUT2D eigenvalue weighted by atomic mass is 28.3. The van der Waals surface area contributed by atoms with E-state index in [9.17, 15) is 0 Å². The first-order valence-corrected chi connectivity index (χ1v) is 10.7. The number of nitriles is 1. The van der Waals surface area contributed by atoms with Gasteiger partial charge in [-0.1, -0.05) is 32.9 Å². The van der Waals surface area contributed by atoms with E-state index in [0.717, 1.165) is 17.8 Å². The Hall–Kier alpha value is -1.90. The molecule has 2 aromatic rings. The zero-order valence-electron chi connectivity index (χ0n) is 14.6. The predicted octanol–water partition coefficient (Wildman–Crippen LogP) is 3.89. The van der Waals surface area contributed by atoms with E-state index in [1.807, 2.05) is 36.8 Å². The quantitative estimate of drug-likeness (QED) is 0.783. The molecule has 0 radical (unpaired) electrons. The van der Waals surface area contributed by atoms with Gasteiger partial charge in [-0.15, -0.1) is 0 Å². The Morgan fingerprint density at radius 2 is 1.91 bits per heavy atom. The van der Waals surface area contributed by atoms with Gasteiger partial charge in [0.15, 0.2) is 9.04 Å². The average molecular weight is 328 g/mol. The van der Waals surface area contributed by atoms with Gasteiger partial charge in [0.2, 0.25) is 0 Å². The molecular weight excluding hydrogens is 302 g/mol. The molecule has 0 bridgehead atoms. The largest absolute Gasteiger partial charge is 0.412 e. The lowest BCUT2D eigenvalue weighted by molar-refractivity contribution is 0.0796. The van der Waals surface area contributed by atoms with Crippen molar-refractivity contribution in [2.45, 2.75) is 46.5 Å². The molecule has 0 saturated carbocycles. The molecule has 0 fully saturated rings. The van der Waals surface area contributed by atoms with Crippen LogP contribution in [0.25, 0.3) is 0 Å². The van der Waals surface area contributed by atoms with E-state index in [4.69, 9.17) is 9.69 Å². The van der Waals surface area contributed by atoms with Crippen LogP contribution >= 0.6 is 0 Å². The summed E-state index contributed by atoms with van der Waals surface area (Å²) >= 11 is 0. The standard InChI is InChI=1S/C18H25N3OSi/c1-18(2,3)17(22-23(4)5)16-11-20-13-21(16)12-15-8-6-14(10-19)7-9-15/h6-9,11,13,17,23H,12H2,1-5H3. The fraction of sp³-hybridized carbons (Fsp3) is 0.444. The number of rotatable bonds is 5. The number of aromatic nitrogens is 2. The molecule has 0 spiro atoms. The summed E-state index contributed by atoms with van der Waals surface area (Å²) in [6, 6.07) is 9.84. The van der Waals surface area contributed by atoms with Crippen molar-refractivity contribution in [1.82, 2.24) is 9.55 Å². The Kier molecular flexibility index (Phi) is 5.40. The first-order valence-electron chi connectivity index (χ1n) is 7.96. The zero-order chi connectivity index (χ0) is 17.0. The lowest BCUT2D eigenvalue weighted by Gasteiger charge is -2.33. The van der Waals surface area contributed by atoms with Crippen LogP contribution in [0.4, 0.5) is 0 Å². The van der Waals surface area contributed by atoms with E-state index in [0.29, 0.717) is 5.56 Å². The van der Waals surface area contributed by atoms with Crippen LogP contribution in [0.3, 0.4) is 0 Å². The fourth-order valence-electron chi connectivity index (χ4n) is 2.55. The first kappa shape index (κ1) is 17.5. The van der Waals surface area contributed by atoms with Crippen molar-refractivity contribution in [1.29, 1.82) is 5.26 Å². The molecule has 1 atom stereocenters. The molecule has 0 aliphatic rings. The topological polar surface area (TPSA) is 50.8 Å². The molecule has 1 heterocycles. The van der Waals surface area contributed by atoms with Crippen molar-refractivity contribution in [3.05, 3.63) is 53.6 Å². The monoisotopic (exact) mass is 327 g/mol. The molecule has 1 unspecified atom stereocenters. The van der Waals surface area contributed by atoms with Crippen LogP contribution in [0.1, 0.15) is 43.7 Å². The Morgan fingerprint density at radius 1 is 1.26 bits per heavy atom. The summed E-state index contributed by atoms with van der Waals surface area (Å²) in [5.41, 5.74) is 2.96. The minimum Gasteiger partial charge on any atom is -0.412 e. The van der Waals surface area contributed by atoms with Crippen molar-refractivity contribution in [2.75, 3.05) is 0 Å². The minimum absolute atomic E-state index is 0.0136. The van der Waals surface area contributed by atoms with Crippen molar-refractivity contribution >= 4 is 9.04 Å². The normalized spacial score (nSPS) is 13.1. The molecule has 0 aliphatic heterocycles. The number of nitrogens with zero attached hydrogens (tertiary/aromatic N) is 3. The van der Waals surface area contributed by atoms with Gasteiger partial charge in [0.05, 0.1) is 36.0 Å². The van der Waals surface area contributed by atoms with E-state index in [2.05, 4.69) is 49.5 Å². The molecular formula is C18H25N3OSi. The summed E-state index contributed by atoms with van der Waals surface area (Å²) < 4.78 is 8.46. The lowest BCUT2D eigenvalue weighted by atomic mass is 9.87. The molecule has 0 saturated heterocycles. The highest BCUT2D eigenvalue weighted by molar-refractivity contribution is 6.48.